The Morgan fingerprint density at radius 2 is 2.04 bits per heavy atom. The average molecular weight is 348 g/mol. The molecular weight excluding hydrogens is 316 g/mol. The molecule has 0 bridgehead atoms. The van der Waals surface area contributed by atoms with Crippen LogP contribution in [0.25, 0.3) is 0 Å². The molecule has 0 radical (unpaired) electrons. The number of carbonyl (C=O) groups excluding carboxylic acids is 1. The van der Waals surface area contributed by atoms with Crippen LogP contribution in [0.15, 0.2) is 12.4 Å². The van der Waals surface area contributed by atoms with Crippen LogP contribution in [0.4, 0.5) is 0 Å². The maximum atomic E-state index is 12.7. The monoisotopic (exact) mass is 348 g/mol. The molecule has 0 N–H and O–H groups in total. The van der Waals surface area contributed by atoms with Crippen LogP contribution < -0.4 is 0 Å². The minimum absolute atomic E-state index is 0.310. The third kappa shape index (κ3) is 5.05. The van der Waals surface area contributed by atoms with Gasteiger partial charge in [0, 0.05) is 58.0 Å². The van der Waals surface area contributed by atoms with Crippen LogP contribution in [-0.2, 0) is 16.1 Å². The largest absolute Gasteiger partial charge is 0.383 e. The molecular formula is C19H32N4O2. The lowest BCUT2D eigenvalue weighted by Gasteiger charge is -2.33. The Balaban J connectivity index is 1.52. The highest BCUT2D eigenvalue weighted by atomic mass is 16.5. The molecule has 0 saturated carbocycles. The fourth-order valence-electron chi connectivity index (χ4n) is 4.07. The van der Waals surface area contributed by atoms with E-state index in [1.165, 1.54) is 19.3 Å². The van der Waals surface area contributed by atoms with Gasteiger partial charge in [-0.05, 0) is 38.8 Å². The minimum Gasteiger partial charge on any atom is -0.383 e. The van der Waals surface area contributed by atoms with E-state index in [2.05, 4.69) is 19.4 Å². The Kier molecular flexibility index (Phi) is 6.87. The van der Waals surface area contributed by atoms with E-state index in [1.54, 1.807) is 7.11 Å². The average Bonchev–Trinajstić information content (AvgIpc) is 3.14. The Bertz CT molecular complexity index is 539. The lowest BCUT2D eigenvalue weighted by molar-refractivity contribution is -0.132. The SMILES string of the molecule is COCCn1ccnc1C1CCCN(C(=O)CCN2CCCCC2)C1. The summed E-state index contributed by atoms with van der Waals surface area (Å²) < 4.78 is 7.37. The number of carbonyl (C=O) groups is 1. The van der Waals surface area contributed by atoms with E-state index in [0.29, 0.717) is 24.9 Å². The summed E-state index contributed by atoms with van der Waals surface area (Å²) in [6.45, 7) is 6.46. The molecule has 6 heteroatoms. The quantitative estimate of drug-likeness (QED) is 0.757. The van der Waals surface area contributed by atoms with Crippen LogP contribution >= 0.6 is 0 Å². The van der Waals surface area contributed by atoms with Crippen molar-refractivity contribution in [1.29, 1.82) is 0 Å². The zero-order valence-corrected chi connectivity index (χ0v) is 15.5. The Hall–Kier alpha value is -1.40. The zero-order chi connectivity index (χ0) is 17.5. The molecule has 3 rings (SSSR count). The molecule has 0 aromatic carbocycles. The molecule has 2 aliphatic rings. The van der Waals surface area contributed by atoms with Crippen LogP contribution in [0.2, 0.25) is 0 Å². The van der Waals surface area contributed by atoms with E-state index < -0.39 is 0 Å². The van der Waals surface area contributed by atoms with Gasteiger partial charge < -0.3 is 19.1 Å². The van der Waals surface area contributed by atoms with Gasteiger partial charge in [0.15, 0.2) is 0 Å². The van der Waals surface area contributed by atoms with Crippen LogP contribution in [0.3, 0.4) is 0 Å². The van der Waals surface area contributed by atoms with Gasteiger partial charge in [-0.1, -0.05) is 6.42 Å². The van der Waals surface area contributed by atoms with Gasteiger partial charge in [-0.25, -0.2) is 4.98 Å². The smallest absolute Gasteiger partial charge is 0.223 e. The van der Waals surface area contributed by atoms with Crippen molar-refractivity contribution in [3.63, 3.8) is 0 Å². The molecule has 1 aromatic heterocycles. The highest BCUT2D eigenvalue weighted by molar-refractivity contribution is 5.76. The number of aromatic nitrogens is 2. The summed E-state index contributed by atoms with van der Waals surface area (Å²) in [6.07, 6.45) is 10.6. The maximum absolute atomic E-state index is 12.7. The van der Waals surface area contributed by atoms with E-state index in [0.717, 1.165) is 57.9 Å². The van der Waals surface area contributed by atoms with E-state index in [-0.39, 0.29) is 0 Å². The molecule has 2 aliphatic heterocycles. The van der Waals surface area contributed by atoms with Gasteiger partial charge in [-0.2, -0.15) is 0 Å². The van der Waals surface area contributed by atoms with Crippen LogP contribution in [0.5, 0.6) is 0 Å². The van der Waals surface area contributed by atoms with Crippen molar-refractivity contribution in [1.82, 2.24) is 19.4 Å². The van der Waals surface area contributed by atoms with Crippen molar-refractivity contribution in [2.75, 3.05) is 46.4 Å². The Morgan fingerprint density at radius 3 is 2.84 bits per heavy atom. The highest BCUT2D eigenvalue weighted by Gasteiger charge is 2.27. The molecule has 3 heterocycles. The van der Waals surface area contributed by atoms with Gasteiger partial charge in [0.05, 0.1) is 6.61 Å². The molecule has 2 fully saturated rings. The first-order valence-electron chi connectivity index (χ1n) is 9.78. The zero-order valence-electron chi connectivity index (χ0n) is 15.5. The first kappa shape index (κ1) is 18.4. The van der Waals surface area contributed by atoms with Crippen molar-refractivity contribution >= 4 is 5.91 Å². The third-order valence-corrected chi connectivity index (χ3v) is 5.51. The number of hydrogen-bond acceptors (Lipinski definition) is 4. The van der Waals surface area contributed by atoms with E-state index >= 15 is 0 Å². The summed E-state index contributed by atoms with van der Waals surface area (Å²) in [4.78, 5) is 21.7. The lowest BCUT2D eigenvalue weighted by atomic mass is 9.96. The van der Waals surface area contributed by atoms with Crippen LogP contribution in [0.1, 0.15) is 50.3 Å². The van der Waals surface area contributed by atoms with Gasteiger partial charge in [0.25, 0.3) is 0 Å². The van der Waals surface area contributed by atoms with E-state index in [9.17, 15) is 4.79 Å². The number of amides is 1. The molecule has 0 spiro atoms. The number of ether oxygens (including phenoxy) is 1. The normalized spacial score (nSPS) is 22.3. The second-order valence-electron chi connectivity index (χ2n) is 7.30. The van der Waals surface area contributed by atoms with Crippen molar-refractivity contribution in [2.24, 2.45) is 0 Å². The summed E-state index contributed by atoms with van der Waals surface area (Å²) in [7, 11) is 1.72. The summed E-state index contributed by atoms with van der Waals surface area (Å²) in [6, 6.07) is 0. The second kappa shape index (κ2) is 9.34. The van der Waals surface area contributed by atoms with Gasteiger partial charge in [0.1, 0.15) is 5.82 Å². The number of hydrogen-bond donors (Lipinski definition) is 0. The molecule has 2 saturated heterocycles. The minimum atomic E-state index is 0.310. The van der Waals surface area contributed by atoms with Gasteiger partial charge >= 0.3 is 0 Å². The molecule has 1 aromatic rings. The lowest BCUT2D eigenvalue weighted by Crippen LogP contribution is -2.41. The van der Waals surface area contributed by atoms with Crippen molar-refractivity contribution in [3.05, 3.63) is 18.2 Å². The first-order valence-corrected chi connectivity index (χ1v) is 9.78. The number of likely N-dealkylation sites (tertiary alicyclic amines) is 2. The summed E-state index contributed by atoms with van der Waals surface area (Å²) in [5.41, 5.74) is 0. The van der Waals surface area contributed by atoms with E-state index in [1.807, 2.05) is 12.4 Å². The number of imidazole rings is 1. The molecule has 25 heavy (non-hydrogen) atoms. The topological polar surface area (TPSA) is 50.6 Å². The van der Waals surface area contributed by atoms with Crippen LogP contribution in [-0.4, -0.2) is 71.7 Å². The molecule has 1 atom stereocenters. The standard InChI is InChI=1S/C19H32N4O2/c1-25-15-14-22-13-8-20-19(22)17-6-5-11-23(16-17)18(24)7-12-21-9-3-2-4-10-21/h8,13,17H,2-7,9-12,14-16H2,1H3. The maximum Gasteiger partial charge on any atom is 0.223 e. The first-order chi connectivity index (χ1) is 12.3. The second-order valence-corrected chi connectivity index (χ2v) is 7.30. The predicted octanol–water partition coefficient (Wildman–Crippen LogP) is 2.11. The number of piperidine rings is 2. The fourth-order valence-corrected chi connectivity index (χ4v) is 4.07. The third-order valence-electron chi connectivity index (χ3n) is 5.51. The molecule has 0 aliphatic carbocycles. The number of rotatable bonds is 7. The number of nitrogens with zero attached hydrogens (tertiary/aromatic N) is 4. The molecule has 1 unspecified atom stereocenters. The Morgan fingerprint density at radius 1 is 1.20 bits per heavy atom. The number of methoxy groups -OCH3 is 1. The molecule has 6 nitrogen and oxygen atoms in total. The molecule has 1 amide bonds. The van der Waals surface area contributed by atoms with E-state index in [4.69, 9.17) is 4.74 Å². The van der Waals surface area contributed by atoms with Gasteiger partial charge in [-0.15, -0.1) is 0 Å². The summed E-state index contributed by atoms with van der Waals surface area (Å²) in [5, 5.41) is 0. The fraction of sp³-hybridized carbons (Fsp3) is 0.789. The van der Waals surface area contributed by atoms with Gasteiger partial charge in [0.2, 0.25) is 5.91 Å². The summed E-state index contributed by atoms with van der Waals surface area (Å²) in [5.74, 6) is 1.76. The van der Waals surface area contributed by atoms with Gasteiger partial charge in [-0.3, -0.25) is 4.79 Å². The summed E-state index contributed by atoms with van der Waals surface area (Å²) >= 11 is 0. The highest BCUT2D eigenvalue weighted by Crippen LogP contribution is 2.26. The van der Waals surface area contributed by atoms with Crippen molar-refractivity contribution in [2.45, 2.75) is 51.0 Å². The van der Waals surface area contributed by atoms with Crippen molar-refractivity contribution < 1.29 is 9.53 Å². The molecule has 140 valence electrons. The van der Waals surface area contributed by atoms with Crippen LogP contribution in [0, 0.1) is 0 Å². The van der Waals surface area contributed by atoms with Crippen molar-refractivity contribution in [3.8, 4) is 0 Å². The Labute approximate surface area is 151 Å². The predicted molar refractivity (Wildman–Crippen MR) is 97.6 cm³/mol.